The monoisotopic (exact) mass is 414 g/mol. The van der Waals surface area contributed by atoms with Crippen LogP contribution in [0.5, 0.6) is 0 Å². The van der Waals surface area contributed by atoms with Gasteiger partial charge in [-0.25, -0.2) is 13.1 Å². The van der Waals surface area contributed by atoms with Crippen LogP contribution in [0.15, 0.2) is 83.8 Å². The molecule has 7 heteroatoms. The molecule has 0 atom stereocenters. The van der Waals surface area contributed by atoms with Crippen LogP contribution in [-0.4, -0.2) is 20.9 Å². The van der Waals surface area contributed by atoms with Crippen molar-refractivity contribution in [2.45, 2.75) is 11.3 Å². The zero-order chi connectivity index (χ0) is 20.0. The van der Waals surface area contributed by atoms with E-state index in [1.807, 2.05) is 30.3 Å². The zero-order valence-electron chi connectivity index (χ0n) is 14.9. The van der Waals surface area contributed by atoms with E-state index < -0.39 is 10.0 Å². The van der Waals surface area contributed by atoms with Crippen LogP contribution in [-0.2, 0) is 16.4 Å². The molecule has 3 aromatic rings. The topological polar surface area (TPSA) is 75.3 Å². The average molecular weight is 415 g/mol. The predicted molar refractivity (Wildman–Crippen MR) is 111 cm³/mol. The smallest absolute Gasteiger partial charge is 0.255 e. The predicted octanol–water partition coefficient (Wildman–Crippen LogP) is 4.11. The maximum atomic E-state index is 12.4. The Morgan fingerprint density at radius 2 is 1.61 bits per heavy atom. The molecule has 2 N–H and O–H groups in total. The number of anilines is 1. The quantitative estimate of drug-likeness (QED) is 0.610. The fourth-order valence-electron chi connectivity index (χ4n) is 2.61. The van der Waals surface area contributed by atoms with E-state index in [1.165, 1.54) is 12.1 Å². The van der Waals surface area contributed by atoms with Gasteiger partial charge >= 0.3 is 0 Å². The molecule has 3 aromatic carbocycles. The molecule has 0 fully saturated rings. The number of halogens is 1. The summed E-state index contributed by atoms with van der Waals surface area (Å²) in [7, 11) is -3.61. The lowest BCUT2D eigenvalue weighted by Gasteiger charge is -2.09. The fourth-order valence-corrected chi connectivity index (χ4v) is 3.83. The van der Waals surface area contributed by atoms with Gasteiger partial charge in [0.15, 0.2) is 0 Å². The van der Waals surface area contributed by atoms with Gasteiger partial charge in [0, 0.05) is 22.8 Å². The molecule has 0 heterocycles. The molecule has 0 saturated heterocycles. The van der Waals surface area contributed by atoms with Crippen LogP contribution in [0.3, 0.4) is 0 Å². The molecule has 0 radical (unpaired) electrons. The molecule has 0 aliphatic carbocycles. The molecule has 1 amide bonds. The number of amides is 1. The van der Waals surface area contributed by atoms with Gasteiger partial charge in [-0.05, 0) is 54.4 Å². The van der Waals surface area contributed by atoms with Crippen molar-refractivity contribution >= 4 is 33.2 Å². The van der Waals surface area contributed by atoms with Crippen LogP contribution in [0.1, 0.15) is 15.9 Å². The SMILES string of the molecule is O=C(Nc1ccc(S(=O)(=O)NCCc2ccccc2)cc1)c1cccc(Cl)c1. The number of sulfonamides is 1. The normalized spacial score (nSPS) is 11.2. The summed E-state index contributed by atoms with van der Waals surface area (Å²) in [5.41, 5.74) is 1.98. The number of rotatable bonds is 7. The van der Waals surface area contributed by atoms with E-state index in [9.17, 15) is 13.2 Å². The van der Waals surface area contributed by atoms with Crippen LogP contribution in [0.25, 0.3) is 0 Å². The third-order valence-electron chi connectivity index (χ3n) is 4.06. The molecule has 0 spiro atoms. The van der Waals surface area contributed by atoms with Crippen LogP contribution in [0.4, 0.5) is 5.69 Å². The van der Waals surface area contributed by atoms with Crippen molar-refractivity contribution in [2.24, 2.45) is 0 Å². The van der Waals surface area contributed by atoms with Crippen molar-refractivity contribution in [1.29, 1.82) is 0 Å². The van der Waals surface area contributed by atoms with Gasteiger partial charge in [-0.15, -0.1) is 0 Å². The molecule has 5 nitrogen and oxygen atoms in total. The molecule has 28 heavy (non-hydrogen) atoms. The van der Waals surface area contributed by atoms with Gasteiger partial charge in [0.05, 0.1) is 4.90 Å². The van der Waals surface area contributed by atoms with Gasteiger partial charge in [-0.1, -0.05) is 48.0 Å². The Kier molecular flexibility index (Phi) is 6.46. The second-order valence-corrected chi connectivity index (χ2v) is 8.33. The van der Waals surface area contributed by atoms with Gasteiger partial charge in [-0.2, -0.15) is 0 Å². The third kappa shape index (κ3) is 5.42. The van der Waals surface area contributed by atoms with Gasteiger partial charge in [0.1, 0.15) is 0 Å². The number of carbonyl (C=O) groups is 1. The summed E-state index contributed by atoms with van der Waals surface area (Å²) in [5.74, 6) is -0.320. The number of hydrogen-bond donors (Lipinski definition) is 2. The van der Waals surface area contributed by atoms with E-state index in [0.717, 1.165) is 5.56 Å². The van der Waals surface area contributed by atoms with Crippen molar-refractivity contribution in [2.75, 3.05) is 11.9 Å². The van der Waals surface area contributed by atoms with E-state index in [4.69, 9.17) is 11.6 Å². The third-order valence-corrected chi connectivity index (χ3v) is 5.77. The zero-order valence-corrected chi connectivity index (χ0v) is 16.5. The summed E-state index contributed by atoms with van der Waals surface area (Å²) in [6.45, 7) is 0.305. The summed E-state index contributed by atoms with van der Waals surface area (Å²) in [6.07, 6.45) is 0.605. The summed E-state index contributed by atoms with van der Waals surface area (Å²) in [6, 6.07) is 22.2. The summed E-state index contributed by atoms with van der Waals surface area (Å²) >= 11 is 5.89. The van der Waals surface area contributed by atoms with E-state index in [-0.39, 0.29) is 10.8 Å². The molecular weight excluding hydrogens is 396 g/mol. The van der Waals surface area contributed by atoms with Gasteiger partial charge in [0.25, 0.3) is 5.91 Å². The van der Waals surface area contributed by atoms with E-state index in [1.54, 1.807) is 36.4 Å². The molecule has 0 bridgehead atoms. The van der Waals surface area contributed by atoms with Crippen LogP contribution < -0.4 is 10.0 Å². The van der Waals surface area contributed by atoms with Crippen molar-refractivity contribution in [1.82, 2.24) is 4.72 Å². The van der Waals surface area contributed by atoms with Gasteiger partial charge in [-0.3, -0.25) is 4.79 Å². The highest BCUT2D eigenvalue weighted by Crippen LogP contribution is 2.16. The van der Waals surface area contributed by atoms with E-state index in [0.29, 0.717) is 29.2 Å². The highest BCUT2D eigenvalue weighted by molar-refractivity contribution is 7.89. The molecule has 0 saturated carbocycles. The van der Waals surface area contributed by atoms with Crippen molar-refractivity contribution in [3.05, 3.63) is 95.0 Å². The molecule has 0 unspecified atom stereocenters. The summed E-state index contributed by atoms with van der Waals surface area (Å²) in [5, 5.41) is 3.18. The highest BCUT2D eigenvalue weighted by Gasteiger charge is 2.14. The average Bonchev–Trinajstić information content (AvgIpc) is 2.69. The molecule has 3 rings (SSSR count). The van der Waals surface area contributed by atoms with Gasteiger partial charge < -0.3 is 5.32 Å². The first-order chi connectivity index (χ1) is 13.4. The minimum Gasteiger partial charge on any atom is -0.322 e. The van der Waals surface area contributed by atoms with Crippen molar-refractivity contribution in [3.8, 4) is 0 Å². The lowest BCUT2D eigenvalue weighted by atomic mass is 10.2. The standard InChI is InChI=1S/C21H19ClN2O3S/c22-18-8-4-7-17(15-18)21(25)24-19-9-11-20(12-10-19)28(26,27)23-14-13-16-5-2-1-3-6-16/h1-12,15,23H,13-14H2,(H,24,25). The first kappa shape index (κ1) is 20.1. The Balaban J connectivity index is 1.60. The Bertz CT molecular complexity index is 1050. The van der Waals surface area contributed by atoms with E-state index >= 15 is 0 Å². The minimum absolute atomic E-state index is 0.140. The molecule has 144 valence electrons. The van der Waals surface area contributed by atoms with Crippen LogP contribution in [0.2, 0.25) is 5.02 Å². The molecular formula is C21H19ClN2O3S. The Morgan fingerprint density at radius 3 is 2.29 bits per heavy atom. The largest absolute Gasteiger partial charge is 0.322 e. The maximum Gasteiger partial charge on any atom is 0.255 e. The lowest BCUT2D eigenvalue weighted by Crippen LogP contribution is -2.26. The van der Waals surface area contributed by atoms with Crippen LogP contribution >= 0.6 is 11.6 Å². The second-order valence-electron chi connectivity index (χ2n) is 6.12. The van der Waals surface area contributed by atoms with Crippen molar-refractivity contribution in [3.63, 3.8) is 0 Å². The second kappa shape index (κ2) is 9.01. The molecule has 0 aliphatic heterocycles. The highest BCUT2D eigenvalue weighted by atomic mass is 35.5. The first-order valence-electron chi connectivity index (χ1n) is 8.65. The maximum absolute atomic E-state index is 12.4. The van der Waals surface area contributed by atoms with Crippen molar-refractivity contribution < 1.29 is 13.2 Å². The number of nitrogens with one attached hydrogen (secondary N) is 2. The minimum atomic E-state index is -3.61. The van der Waals surface area contributed by atoms with Gasteiger partial charge in [0.2, 0.25) is 10.0 Å². The molecule has 0 aliphatic rings. The number of carbonyl (C=O) groups excluding carboxylic acids is 1. The van der Waals surface area contributed by atoms with E-state index in [2.05, 4.69) is 10.0 Å². The summed E-state index contributed by atoms with van der Waals surface area (Å²) < 4.78 is 27.4. The van der Waals surface area contributed by atoms with Crippen LogP contribution in [0, 0.1) is 0 Å². The lowest BCUT2D eigenvalue weighted by molar-refractivity contribution is 0.102. The Morgan fingerprint density at radius 1 is 0.893 bits per heavy atom. The first-order valence-corrected chi connectivity index (χ1v) is 10.5. The molecule has 0 aromatic heterocycles. The number of benzene rings is 3. The number of hydrogen-bond acceptors (Lipinski definition) is 3. The fraction of sp³-hybridized carbons (Fsp3) is 0.0952. The Hall–Kier alpha value is -2.67. The summed E-state index contributed by atoms with van der Waals surface area (Å²) in [4.78, 5) is 12.4. The Labute approximate surface area is 169 Å².